The molecule has 0 heterocycles. The molecule has 4 nitrogen and oxygen atoms in total. The second-order valence-electron chi connectivity index (χ2n) is 5.55. The molecular formula is C18H20NO3S. The Morgan fingerprint density at radius 1 is 1.00 bits per heavy atom. The van der Waals surface area contributed by atoms with Gasteiger partial charge < -0.3 is 4.90 Å². The molecule has 2 aromatic rings. The molecule has 5 heteroatoms. The van der Waals surface area contributed by atoms with E-state index in [4.69, 9.17) is 0 Å². The molecule has 0 fully saturated rings. The molecule has 0 saturated heterocycles. The summed E-state index contributed by atoms with van der Waals surface area (Å²) in [5.41, 5.74) is 1.72. The summed E-state index contributed by atoms with van der Waals surface area (Å²) in [5, 5.41) is 0. The van der Waals surface area contributed by atoms with Gasteiger partial charge >= 0.3 is 0 Å². The van der Waals surface area contributed by atoms with E-state index in [9.17, 15) is 13.2 Å². The third-order valence-electron chi connectivity index (χ3n) is 3.60. The van der Waals surface area contributed by atoms with Gasteiger partial charge in [-0.1, -0.05) is 35.9 Å². The Morgan fingerprint density at radius 3 is 2.13 bits per heavy atom. The lowest BCUT2D eigenvalue weighted by molar-refractivity contribution is -0.116. The molecule has 0 saturated carbocycles. The quantitative estimate of drug-likeness (QED) is 0.847. The van der Waals surface area contributed by atoms with Crippen molar-refractivity contribution < 1.29 is 13.2 Å². The zero-order valence-electron chi connectivity index (χ0n) is 13.5. The average molecular weight is 330 g/mol. The molecule has 23 heavy (non-hydrogen) atoms. The van der Waals surface area contributed by atoms with E-state index >= 15 is 0 Å². The highest BCUT2D eigenvalue weighted by atomic mass is 32.2. The summed E-state index contributed by atoms with van der Waals surface area (Å²) < 4.78 is 24.9. The van der Waals surface area contributed by atoms with Crippen LogP contribution in [0.1, 0.15) is 12.5 Å². The number of para-hydroxylation sites is 1. The third-order valence-corrected chi connectivity index (χ3v) is 5.40. The molecule has 0 spiro atoms. The fourth-order valence-electron chi connectivity index (χ4n) is 2.23. The second kappa shape index (κ2) is 6.96. The van der Waals surface area contributed by atoms with E-state index in [2.05, 4.69) is 0 Å². The summed E-state index contributed by atoms with van der Waals surface area (Å²) in [6.45, 7) is 3.46. The highest BCUT2D eigenvalue weighted by Gasteiger charge is 2.26. The normalized spacial score (nSPS) is 11.5. The maximum Gasteiger partial charge on any atom is 0.234 e. The number of benzene rings is 2. The number of nitrogens with zero attached hydrogens (tertiary/aromatic N) is 1. The van der Waals surface area contributed by atoms with Gasteiger partial charge in [-0.3, -0.25) is 4.79 Å². The predicted octanol–water partition coefficient (Wildman–Crippen LogP) is 3.03. The third kappa shape index (κ3) is 4.20. The monoisotopic (exact) mass is 330 g/mol. The zero-order chi connectivity index (χ0) is 17.0. The molecule has 0 atom stereocenters. The Balaban J connectivity index is 2.13. The van der Waals surface area contributed by atoms with Crippen LogP contribution in [-0.2, 0) is 14.6 Å². The Kier molecular flexibility index (Phi) is 5.21. The van der Waals surface area contributed by atoms with Crippen LogP contribution in [0.25, 0.3) is 0 Å². The first-order valence-corrected chi connectivity index (χ1v) is 8.91. The van der Waals surface area contributed by atoms with E-state index < -0.39 is 9.84 Å². The van der Waals surface area contributed by atoms with Gasteiger partial charge in [0, 0.05) is 12.7 Å². The molecule has 0 aliphatic carbocycles. The van der Waals surface area contributed by atoms with Crippen LogP contribution in [-0.4, -0.2) is 27.1 Å². The van der Waals surface area contributed by atoms with Gasteiger partial charge in [-0.15, -0.1) is 0 Å². The van der Waals surface area contributed by atoms with Crippen LogP contribution in [0.15, 0.2) is 59.5 Å². The lowest BCUT2D eigenvalue weighted by Crippen LogP contribution is -2.33. The minimum absolute atomic E-state index is 0.234. The van der Waals surface area contributed by atoms with E-state index in [0.717, 1.165) is 11.3 Å². The minimum Gasteiger partial charge on any atom is -0.315 e. The smallest absolute Gasteiger partial charge is 0.234 e. The van der Waals surface area contributed by atoms with Gasteiger partial charge in [0.25, 0.3) is 0 Å². The van der Waals surface area contributed by atoms with Crippen LogP contribution in [0.2, 0.25) is 0 Å². The van der Waals surface area contributed by atoms with Crippen molar-refractivity contribution >= 4 is 21.4 Å². The zero-order valence-corrected chi connectivity index (χ0v) is 14.3. The number of carbonyl (C=O) groups excluding carboxylic acids is 1. The van der Waals surface area contributed by atoms with Gasteiger partial charge in [-0.25, -0.2) is 8.42 Å². The molecule has 0 aliphatic heterocycles. The Hall–Kier alpha value is -2.14. The summed E-state index contributed by atoms with van der Waals surface area (Å²) in [5.74, 6) is -0.296. The lowest BCUT2D eigenvalue weighted by Gasteiger charge is -2.21. The van der Waals surface area contributed by atoms with Crippen molar-refractivity contribution in [1.29, 1.82) is 0 Å². The SMILES string of the molecule is C[C](CS(=O)(=O)c1ccc(C)cc1)C(=O)N(C)c1ccccc1. The molecule has 0 aromatic heterocycles. The average Bonchev–Trinajstić information content (AvgIpc) is 2.54. The first-order valence-electron chi connectivity index (χ1n) is 7.26. The maximum absolute atomic E-state index is 12.4. The first kappa shape index (κ1) is 17.2. The van der Waals surface area contributed by atoms with Crippen molar-refractivity contribution in [3.05, 3.63) is 66.1 Å². The van der Waals surface area contributed by atoms with Gasteiger partial charge in [-0.2, -0.15) is 0 Å². The Labute approximate surface area is 137 Å². The largest absolute Gasteiger partial charge is 0.315 e. The van der Waals surface area contributed by atoms with Crippen molar-refractivity contribution in [1.82, 2.24) is 0 Å². The molecule has 2 rings (SSSR count). The highest BCUT2D eigenvalue weighted by Crippen LogP contribution is 2.20. The number of amides is 1. The topological polar surface area (TPSA) is 54.5 Å². The number of carbonyl (C=O) groups is 1. The summed E-state index contributed by atoms with van der Waals surface area (Å²) >= 11 is 0. The van der Waals surface area contributed by atoms with Gasteiger partial charge in [0.2, 0.25) is 5.91 Å². The number of sulfone groups is 1. The molecule has 0 N–H and O–H groups in total. The van der Waals surface area contributed by atoms with Crippen molar-refractivity contribution in [3.8, 4) is 0 Å². The molecule has 1 amide bonds. The molecule has 0 unspecified atom stereocenters. The van der Waals surface area contributed by atoms with Crippen molar-refractivity contribution in [2.45, 2.75) is 18.7 Å². The van der Waals surface area contributed by atoms with E-state index in [0.29, 0.717) is 0 Å². The van der Waals surface area contributed by atoms with E-state index in [1.165, 1.54) is 4.90 Å². The molecule has 2 aromatic carbocycles. The molecule has 1 radical (unpaired) electrons. The van der Waals surface area contributed by atoms with Crippen LogP contribution in [0, 0.1) is 12.8 Å². The molecular weight excluding hydrogens is 310 g/mol. The van der Waals surface area contributed by atoms with Crippen LogP contribution in [0.5, 0.6) is 0 Å². The summed E-state index contributed by atoms with van der Waals surface area (Å²) in [6, 6.07) is 15.8. The minimum atomic E-state index is -3.52. The Morgan fingerprint density at radius 2 is 1.57 bits per heavy atom. The number of hydrogen-bond donors (Lipinski definition) is 0. The van der Waals surface area contributed by atoms with E-state index in [-0.39, 0.29) is 22.5 Å². The standard InChI is InChI=1S/C18H20NO3S/c1-14-9-11-17(12-10-14)23(21,22)13-15(2)18(20)19(3)16-7-5-4-6-8-16/h4-12H,13H2,1-3H3. The fourth-order valence-corrected chi connectivity index (χ4v) is 3.64. The number of rotatable bonds is 5. The van der Waals surface area contributed by atoms with E-state index in [1.807, 2.05) is 25.1 Å². The number of hydrogen-bond acceptors (Lipinski definition) is 3. The Bertz CT molecular complexity index is 768. The van der Waals surface area contributed by atoms with Gasteiger partial charge in [0.1, 0.15) is 0 Å². The number of aryl methyl sites for hydroxylation is 1. The van der Waals surface area contributed by atoms with Crippen LogP contribution >= 0.6 is 0 Å². The van der Waals surface area contributed by atoms with Crippen molar-refractivity contribution in [2.24, 2.45) is 0 Å². The van der Waals surface area contributed by atoms with Crippen molar-refractivity contribution in [3.63, 3.8) is 0 Å². The summed E-state index contributed by atoms with van der Waals surface area (Å²) in [4.78, 5) is 14.1. The molecule has 0 aliphatic rings. The van der Waals surface area contributed by atoms with Gasteiger partial charge in [0.15, 0.2) is 9.84 Å². The fraction of sp³-hybridized carbons (Fsp3) is 0.222. The highest BCUT2D eigenvalue weighted by molar-refractivity contribution is 7.91. The van der Waals surface area contributed by atoms with Crippen molar-refractivity contribution in [2.75, 3.05) is 17.7 Å². The van der Waals surface area contributed by atoms with Crippen LogP contribution in [0.3, 0.4) is 0 Å². The predicted molar refractivity (Wildman–Crippen MR) is 92.0 cm³/mol. The number of anilines is 1. The second-order valence-corrected chi connectivity index (χ2v) is 7.54. The molecule has 0 bridgehead atoms. The van der Waals surface area contributed by atoms with Gasteiger partial charge in [-0.05, 0) is 38.1 Å². The lowest BCUT2D eigenvalue weighted by atomic mass is 10.2. The van der Waals surface area contributed by atoms with Crippen LogP contribution in [0.4, 0.5) is 5.69 Å². The summed E-state index contributed by atoms with van der Waals surface area (Å²) in [7, 11) is -1.88. The van der Waals surface area contributed by atoms with Gasteiger partial charge in [0.05, 0.1) is 16.6 Å². The van der Waals surface area contributed by atoms with Crippen LogP contribution < -0.4 is 4.90 Å². The molecule has 121 valence electrons. The first-order chi connectivity index (χ1) is 10.8. The van der Waals surface area contributed by atoms with E-state index in [1.54, 1.807) is 50.4 Å². The maximum atomic E-state index is 12.4. The summed E-state index contributed by atoms with van der Waals surface area (Å²) in [6.07, 6.45) is 0.